The van der Waals surface area contributed by atoms with Crippen molar-refractivity contribution in [1.29, 1.82) is 0 Å². The van der Waals surface area contributed by atoms with Crippen LogP contribution in [0.3, 0.4) is 0 Å². The fourth-order valence-electron chi connectivity index (χ4n) is 7.32. The highest BCUT2D eigenvalue weighted by atomic mass is 16.3. The summed E-state index contributed by atoms with van der Waals surface area (Å²) in [7, 11) is 0. The summed E-state index contributed by atoms with van der Waals surface area (Å²) in [5.41, 5.74) is 11.0. The Morgan fingerprint density at radius 1 is 0.333 bits per heavy atom. The van der Waals surface area contributed by atoms with Crippen LogP contribution in [0.15, 0.2) is 186 Å². The SMILES string of the molecule is c1ccc(-c2cc(-c3ccc(-c4ccc(-c5ccc6ccccc6c5)cc4)c4oc5c6ccccc6ccc5c34)nc(-c3ccccc3)n2)cc1. The third-order valence-corrected chi connectivity index (χ3v) is 9.89. The van der Waals surface area contributed by atoms with Crippen LogP contribution in [0.25, 0.3) is 99.6 Å². The van der Waals surface area contributed by atoms with Crippen LogP contribution >= 0.6 is 0 Å². The number of hydrogen-bond donors (Lipinski definition) is 0. The van der Waals surface area contributed by atoms with E-state index in [1.807, 2.05) is 36.4 Å². The highest BCUT2D eigenvalue weighted by Crippen LogP contribution is 2.44. The fourth-order valence-corrected chi connectivity index (χ4v) is 7.32. The van der Waals surface area contributed by atoms with E-state index in [2.05, 4.69) is 146 Å². The molecule has 238 valence electrons. The van der Waals surface area contributed by atoms with Crippen LogP contribution in [0.1, 0.15) is 0 Å². The van der Waals surface area contributed by atoms with E-state index < -0.39 is 0 Å². The summed E-state index contributed by atoms with van der Waals surface area (Å²) in [5, 5.41) is 6.83. The van der Waals surface area contributed by atoms with Gasteiger partial charge in [0.2, 0.25) is 0 Å². The highest BCUT2D eigenvalue weighted by molar-refractivity contribution is 6.21. The van der Waals surface area contributed by atoms with Crippen molar-refractivity contribution in [2.45, 2.75) is 0 Å². The lowest BCUT2D eigenvalue weighted by Gasteiger charge is -2.12. The molecular formula is C48H30N2O. The second kappa shape index (κ2) is 11.9. The number of rotatable bonds is 5. The van der Waals surface area contributed by atoms with Gasteiger partial charge >= 0.3 is 0 Å². The van der Waals surface area contributed by atoms with Crippen LogP contribution in [0.5, 0.6) is 0 Å². The molecule has 0 spiro atoms. The summed E-state index contributed by atoms with van der Waals surface area (Å²) in [5.74, 6) is 0.687. The Morgan fingerprint density at radius 3 is 1.75 bits per heavy atom. The zero-order valence-corrected chi connectivity index (χ0v) is 27.6. The molecule has 0 aliphatic heterocycles. The third kappa shape index (κ3) is 5.06. The zero-order valence-electron chi connectivity index (χ0n) is 27.6. The molecule has 10 rings (SSSR count). The summed E-state index contributed by atoms with van der Waals surface area (Å²) < 4.78 is 6.96. The predicted molar refractivity (Wildman–Crippen MR) is 212 cm³/mol. The Hall–Kier alpha value is -6.84. The van der Waals surface area contributed by atoms with Gasteiger partial charge in [-0.2, -0.15) is 0 Å². The minimum atomic E-state index is 0.687. The number of furan rings is 1. The lowest BCUT2D eigenvalue weighted by atomic mass is 9.94. The highest BCUT2D eigenvalue weighted by Gasteiger charge is 2.21. The Balaban J connectivity index is 1.19. The van der Waals surface area contributed by atoms with Crippen LogP contribution in [0, 0.1) is 0 Å². The van der Waals surface area contributed by atoms with Gasteiger partial charge in [-0.05, 0) is 57.1 Å². The fraction of sp³-hybridized carbons (Fsp3) is 0. The first-order chi connectivity index (χ1) is 25.3. The summed E-state index contributed by atoms with van der Waals surface area (Å²) in [6.45, 7) is 0. The predicted octanol–water partition coefficient (Wildman–Crippen LogP) is 13.0. The van der Waals surface area contributed by atoms with Gasteiger partial charge in [0.05, 0.1) is 11.4 Å². The molecule has 3 nitrogen and oxygen atoms in total. The monoisotopic (exact) mass is 650 g/mol. The van der Waals surface area contributed by atoms with Crippen molar-refractivity contribution in [3.63, 3.8) is 0 Å². The van der Waals surface area contributed by atoms with Crippen molar-refractivity contribution in [2.75, 3.05) is 0 Å². The van der Waals surface area contributed by atoms with Gasteiger partial charge in [-0.3, -0.25) is 0 Å². The molecule has 10 aromatic rings. The molecule has 0 aliphatic rings. The van der Waals surface area contributed by atoms with E-state index in [9.17, 15) is 0 Å². The van der Waals surface area contributed by atoms with Crippen molar-refractivity contribution >= 4 is 43.5 Å². The summed E-state index contributed by atoms with van der Waals surface area (Å²) in [4.78, 5) is 10.3. The maximum absolute atomic E-state index is 6.96. The van der Waals surface area contributed by atoms with Crippen molar-refractivity contribution in [2.24, 2.45) is 0 Å². The van der Waals surface area contributed by atoms with Gasteiger partial charge in [0.1, 0.15) is 11.2 Å². The molecule has 0 atom stereocenters. The zero-order chi connectivity index (χ0) is 33.7. The molecule has 0 amide bonds. The minimum absolute atomic E-state index is 0.687. The molecule has 0 bridgehead atoms. The van der Waals surface area contributed by atoms with E-state index >= 15 is 0 Å². The maximum Gasteiger partial charge on any atom is 0.160 e. The Labute approximate surface area is 295 Å². The lowest BCUT2D eigenvalue weighted by Crippen LogP contribution is -1.96. The second-order valence-electron chi connectivity index (χ2n) is 13.0. The molecule has 2 heterocycles. The first kappa shape index (κ1) is 29.1. The summed E-state index contributed by atoms with van der Waals surface area (Å²) in [6.07, 6.45) is 0. The number of aromatic nitrogens is 2. The van der Waals surface area contributed by atoms with Crippen LogP contribution in [0.4, 0.5) is 0 Å². The van der Waals surface area contributed by atoms with Crippen LogP contribution in [-0.4, -0.2) is 9.97 Å². The van der Waals surface area contributed by atoms with Crippen molar-refractivity contribution in [3.8, 4) is 56.2 Å². The van der Waals surface area contributed by atoms with E-state index in [0.717, 1.165) is 71.9 Å². The molecule has 3 heteroatoms. The molecule has 0 fully saturated rings. The first-order valence-electron chi connectivity index (χ1n) is 17.2. The minimum Gasteiger partial charge on any atom is -0.455 e. The largest absolute Gasteiger partial charge is 0.455 e. The van der Waals surface area contributed by atoms with Gasteiger partial charge in [0, 0.05) is 38.4 Å². The molecule has 0 saturated heterocycles. The number of fused-ring (bicyclic) bond motifs is 6. The maximum atomic E-state index is 6.96. The third-order valence-electron chi connectivity index (χ3n) is 9.89. The molecule has 2 aromatic heterocycles. The average molecular weight is 651 g/mol. The molecule has 0 aliphatic carbocycles. The average Bonchev–Trinajstić information content (AvgIpc) is 3.61. The van der Waals surface area contributed by atoms with Crippen LogP contribution in [0.2, 0.25) is 0 Å². The van der Waals surface area contributed by atoms with E-state index in [4.69, 9.17) is 14.4 Å². The van der Waals surface area contributed by atoms with Gasteiger partial charge in [-0.25, -0.2) is 9.97 Å². The van der Waals surface area contributed by atoms with E-state index in [1.165, 1.54) is 21.9 Å². The Bertz CT molecular complexity index is 2830. The first-order valence-corrected chi connectivity index (χ1v) is 17.2. The standard InChI is InChI=1S/C48H30N2O/c1-3-13-35(14-4-1)43-30-44(50-48(49-43)36-15-5-2-6-16-36)41-28-27-40(47-45(41)42-26-25-33-12-9-10-18-39(33)46(42)51-47)34-22-19-32(20-23-34)38-24-21-31-11-7-8-17-37(31)29-38/h1-30H. The summed E-state index contributed by atoms with van der Waals surface area (Å²) in [6, 6.07) is 63.8. The van der Waals surface area contributed by atoms with Crippen LogP contribution in [-0.2, 0) is 0 Å². The second-order valence-corrected chi connectivity index (χ2v) is 13.0. The molecule has 0 radical (unpaired) electrons. The van der Waals surface area contributed by atoms with Crippen molar-refractivity contribution < 1.29 is 4.42 Å². The van der Waals surface area contributed by atoms with Gasteiger partial charge in [0.15, 0.2) is 5.82 Å². The smallest absolute Gasteiger partial charge is 0.160 e. The molecule has 0 saturated carbocycles. The molecule has 8 aromatic carbocycles. The van der Waals surface area contributed by atoms with Gasteiger partial charge < -0.3 is 4.42 Å². The van der Waals surface area contributed by atoms with Gasteiger partial charge in [0.25, 0.3) is 0 Å². The molecule has 51 heavy (non-hydrogen) atoms. The Morgan fingerprint density at radius 2 is 0.941 bits per heavy atom. The van der Waals surface area contributed by atoms with Crippen molar-refractivity contribution in [1.82, 2.24) is 9.97 Å². The number of nitrogens with zero attached hydrogens (tertiary/aromatic N) is 2. The molecule has 0 unspecified atom stereocenters. The Kier molecular flexibility index (Phi) is 6.81. The van der Waals surface area contributed by atoms with Gasteiger partial charge in [-0.15, -0.1) is 0 Å². The topological polar surface area (TPSA) is 38.9 Å². The quantitative estimate of drug-likeness (QED) is 0.186. The number of hydrogen-bond acceptors (Lipinski definition) is 3. The molecule has 0 N–H and O–H groups in total. The van der Waals surface area contributed by atoms with Crippen molar-refractivity contribution in [3.05, 3.63) is 182 Å². The molecular weight excluding hydrogens is 621 g/mol. The summed E-state index contributed by atoms with van der Waals surface area (Å²) >= 11 is 0. The van der Waals surface area contributed by atoms with E-state index in [1.54, 1.807) is 0 Å². The number of benzene rings is 8. The van der Waals surface area contributed by atoms with Crippen LogP contribution < -0.4 is 0 Å². The lowest BCUT2D eigenvalue weighted by molar-refractivity contribution is 0.674. The van der Waals surface area contributed by atoms with E-state index in [-0.39, 0.29) is 0 Å². The van der Waals surface area contributed by atoms with Gasteiger partial charge in [-0.1, -0.05) is 158 Å². The van der Waals surface area contributed by atoms with E-state index in [0.29, 0.717) is 5.82 Å². The normalized spacial score (nSPS) is 11.5.